The molecule has 2 rings (SSSR count). The van der Waals surface area contributed by atoms with Crippen LogP contribution in [0, 0.1) is 24.0 Å². The highest BCUT2D eigenvalue weighted by molar-refractivity contribution is 6.32. The lowest BCUT2D eigenvalue weighted by Crippen LogP contribution is -2.15. The largest absolute Gasteiger partial charge is 0.454 e. The minimum atomic E-state index is -0.837. The van der Waals surface area contributed by atoms with Gasteiger partial charge in [0.2, 0.25) is 5.78 Å². The van der Waals surface area contributed by atoms with Gasteiger partial charge in [-0.15, -0.1) is 0 Å². The Morgan fingerprint density at radius 3 is 2.59 bits per heavy atom. The second kappa shape index (κ2) is 8.79. The van der Waals surface area contributed by atoms with Gasteiger partial charge in [0.05, 0.1) is 17.1 Å². The van der Waals surface area contributed by atoms with Gasteiger partial charge < -0.3 is 14.0 Å². The van der Waals surface area contributed by atoms with Gasteiger partial charge >= 0.3 is 5.97 Å². The van der Waals surface area contributed by atoms with Crippen LogP contribution in [0.3, 0.4) is 0 Å². The first-order valence-electron chi connectivity index (χ1n) is 8.06. The molecule has 1 aromatic heterocycles. The van der Waals surface area contributed by atoms with E-state index in [-0.39, 0.29) is 16.4 Å². The van der Waals surface area contributed by atoms with Crippen molar-refractivity contribution < 1.29 is 24.0 Å². The molecule has 0 aliphatic rings. The lowest BCUT2D eigenvalue weighted by atomic mass is 10.1. The topological polar surface area (TPSA) is 101 Å². The van der Waals surface area contributed by atoms with Crippen LogP contribution in [0.5, 0.6) is 0 Å². The molecule has 0 radical (unpaired) electrons. The van der Waals surface area contributed by atoms with E-state index in [9.17, 15) is 19.7 Å². The SMILES string of the molecule is COCCn1c(C)cc(C(=O)COC(=O)c2ccc(Cl)c([N+](=O)[O-])c2)c1C. The first-order valence-corrected chi connectivity index (χ1v) is 8.44. The van der Waals surface area contributed by atoms with E-state index in [1.54, 1.807) is 20.1 Å². The van der Waals surface area contributed by atoms with Crippen LogP contribution in [0.1, 0.15) is 32.1 Å². The lowest BCUT2D eigenvalue weighted by Gasteiger charge is -2.09. The molecule has 144 valence electrons. The van der Waals surface area contributed by atoms with Crippen LogP contribution < -0.4 is 0 Å². The second-order valence-corrected chi connectivity index (χ2v) is 6.26. The number of methoxy groups -OCH3 is 1. The molecule has 0 aliphatic heterocycles. The number of nitro groups is 1. The molecule has 0 atom stereocenters. The Kier molecular flexibility index (Phi) is 6.70. The van der Waals surface area contributed by atoms with E-state index in [0.717, 1.165) is 17.5 Å². The van der Waals surface area contributed by atoms with Crippen molar-refractivity contribution in [2.75, 3.05) is 20.3 Å². The summed E-state index contributed by atoms with van der Waals surface area (Å²) in [4.78, 5) is 34.7. The van der Waals surface area contributed by atoms with Gasteiger partial charge in [-0.25, -0.2) is 4.79 Å². The summed E-state index contributed by atoms with van der Waals surface area (Å²) in [5.41, 5.74) is 1.65. The summed E-state index contributed by atoms with van der Waals surface area (Å²) >= 11 is 5.72. The van der Waals surface area contributed by atoms with Crippen LogP contribution in [0.2, 0.25) is 5.02 Å². The smallest absolute Gasteiger partial charge is 0.338 e. The van der Waals surface area contributed by atoms with Gasteiger partial charge in [0.1, 0.15) is 5.02 Å². The predicted octanol–water partition coefficient (Wildman–Crippen LogP) is 3.35. The van der Waals surface area contributed by atoms with E-state index in [4.69, 9.17) is 21.1 Å². The standard InChI is InChI=1S/C18H19ClN2O6/c1-11-8-14(12(2)20(11)6-7-26-3)17(22)10-27-18(23)13-4-5-15(19)16(9-13)21(24)25/h4-5,8-9H,6-7,10H2,1-3H3. The highest BCUT2D eigenvalue weighted by Crippen LogP contribution is 2.25. The molecule has 27 heavy (non-hydrogen) atoms. The maximum Gasteiger partial charge on any atom is 0.338 e. The van der Waals surface area contributed by atoms with Gasteiger partial charge in [0.25, 0.3) is 5.69 Å². The molecular formula is C18H19ClN2O6. The van der Waals surface area contributed by atoms with Crippen LogP contribution in [0.25, 0.3) is 0 Å². The summed E-state index contributed by atoms with van der Waals surface area (Å²) in [6.07, 6.45) is 0. The van der Waals surface area contributed by atoms with Crippen molar-refractivity contribution >= 4 is 29.0 Å². The van der Waals surface area contributed by atoms with E-state index in [1.165, 1.54) is 12.1 Å². The van der Waals surface area contributed by atoms with Crippen molar-refractivity contribution in [3.63, 3.8) is 0 Å². The molecule has 2 aromatic rings. The minimum Gasteiger partial charge on any atom is -0.454 e. The molecule has 9 heteroatoms. The number of ketones is 1. The number of aryl methyl sites for hydroxylation is 1. The van der Waals surface area contributed by atoms with Crippen molar-refractivity contribution in [1.29, 1.82) is 0 Å². The fraction of sp³-hybridized carbons (Fsp3) is 0.333. The van der Waals surface area contributed by atoms with Crippen molar-refractivity contribution in [3.05, 3.63) is 61.9 Å². The average Bonchev–Trinajstić information content (AvgIpc) is 2.91. The maximum atomic E-state index is 12.4. The molecule has 8 nitrogen and oxygen atoms in total. The summed E-state index contributed by atoms with van der Waals surface area (Å²) < 4.78 is 12.0. The Balaban J connectivity index is 2.09. The van der Waals surface area contributed by atoms with Crippen LogP contribution in [0.4, 0.5) is 5.69 Å². The van der Waals surface area contributed by atoms with Gasteiger partial charge in [-0.3, -0.25) is 14.9 Å². The summed E-state index contributed by atoms with van der Waals surface area (Å²) in [6, 6.07) is 5.29. The molecule has 0 fully saturated rings. The zero-order valence-corrected chi connectivity index (χ0v) is 15.9. The van der Waals surface area contributed by atoms with E-state index in [2.05, 4.69) is 0 Å². The number of nitrogens with zero attached hydrogens (tertiary/aromatic N) is 2. The molecule has 0 aliphatic carbocycles. The van der Waals surface area contributed by atoms with Crippen molar-refractivity contribution in [3.8, 4) is 0 Å². The lowest BCUT2D eigenvalue weighted by molar-refractivity contribution is -0.384. The number of rotatable bonds is 8. The Labute approximate surface area is 160 Å². The number of ether oxygens (including phenoxy) is 2. The summed E-state index contributed by atoms with van der Waals surface area (Å²) in [5.74, 6) is -1.19. The third-order valence-electron chi connectivity index (χ3n) is 4.11. The molecule has 0 N–H and O–H groups in total. The van der Waals surface area contributed by atoms with Crippen LogP contribution >= 0.6 is 11.6 Å². The number of aromatic nitrogens is 1. The Bertz CT molecular complexity index is 890. The first kappa shape index (κ1) is 20.6. The summed E-state index contributed by atoms with van der Waals surface area (Å²) in [7, 11) is 1.60. The van der Waals surface area contributed by atoms with Gasteiger partial charge in [-0.1, -0.05) is 11.6 Å². The van der Waals surface area contributed by atoms with Gasteiger partial charge in [-0.05, 0) is 32.0 Å². The third-order valence-corrected chi connectivity index (χ3v) is 4.43. The number of hydrogen-bond donors (Lipinski definition) is 0. The van der Waals surface area contributed by atoms with Crippen molar-refractivity contribution in [2.24, 2.45) is 0 Å². The number of esters is 1. The molecule has 0 amide bonds. The Morgan fingerprint density at radius 2 is 1.96 bits per heavy atom. The van der Waals surface area contributed by atoms with Crippen LogP contribution in [0.15, 0.2) is 24.3 Å². The number of hydrogen-bond acceptors (Lipinski definition) is 6. The maximum absolute atomic E-state index is 12.4. The highest BCUT2D eigenvalue weighted by Gasteiger charge is 2.20. The Hall–Kier alpha value is -2.71. The fourth-order valence-corrected chi connectivity index (χ4v) is 2.87. The monoisotopic (exact) mass is 394 g/mol. The third kappa shape index (κ3) is 4.72. The summed E-state index contributed by atoms with van der Waals surface area (Å²) in [6.45, 7) is 4.33. The van der Waals surface area contributed by atoms with Crippen LogP contribution in [-0.2, 0) is 16.0 Å². The highest BCUT2D eigenvalue weighted by atomic mass is 35.5. The zero-order chi connectivity index (χ0) is 20.1. The Morgan fingerprint density at radius 1 is 1.26 bits per heavy atom. The van der Waals surface area contributed by atoms with Crippen LogP contribution in [-0.4, -0.2) is 41.6 Å². The van der Waals surface area contributed by atoms with E-state index < -0.39 is 23.2 Å². The molecule has 1 aromatic carbocycles. The molecule has 0 unspecified atom stereocenters. The van der Waals surface area contributed by atoms with Gasteiger partial charge in [0, 0.05) is 36.7 Å². The van der Waals surface area contributed by atoms with Gasteiger partial charge in [0.15, 0.2) is 6.61 Å². The second-order valence-electron chi connectivity index (χ2n) is 5.85. The normalized spacial score (nSPS) is 10.7. The van der Waals surface area contributed by atoms with E-state index in [0.29, 0.717) is 18.7 Å². The number of halogens is 1. The molecular weight excluding hydrogens is 376 g/mol. The minimum absolute atomic E-state index is 0.0514. The molecule has 0 spiro atoms. The quantitative estimate of drug-likeness (QED) is 0.294. The molecule has 1 heterocycles. The number of nitro benzene ring substituents is 1. The molecule has 0 saturated heterocycles. The predicted molar refractivity (Wildman–Crippen MR) is 98.5 cm³/mol. The average molecular weight is 395 g/mol. The van der Waals surface area contributed by atoms with Gasteiger partial charge in [-0.2, -0.15) is 0 Å². The number of benzene rings is 1. The van der Waals surface area contributed by atoms with Crippen molar-refractivity contribution in [2.45, 2.75) is 20.4 Å². The molecule has 0 saturated carbocycles. The first-order chi connectivity index (χ1) is 12.8. The zero-order valence-electron chi connectivity index (χ0n) is 15.2. The summed E-state index contributed by atoms with van der Waals surface area (Å²) in [5, 5.41) is 10.8. The van der Waals surface area contributed by atoms with E-state index >= 15 is 0 Å². The number of Topliss-reactive ketones (excluding diaryl/α,β-unsaturated/α-hetero) is 1. The van der Waals surface area contributed by atoms with E-state index in [1.807, 2.05) is 11.5 Å². The van der Waals surface area contributed by atoms with Crippen molar-refractivity contribution in [1.82, 2.24) is 4.57 Å². The fourth-order valence-electron chi connectivity index (χ4n) is 2.68. The number of carbonyl (C=O) groups is 2. The molecule has 0 bridgehead atoms. The number of carbonyl (C=O) groups excluding carboxylic acids is 2.